The van der Waals surface area contributed by atoms with Crippen LogP contribution in [-0.2, 0) is 4.74 Å². The van der Waals surface area contributed by atoms with Crippen molar-refractivity contribution in [3.8, 4) is 0 Å². The van der Waals surface area contributed by atoms with Gasteiger partial charge in [0.1, 0.15) is 18.3 Å². The maximum Gasteiger partial charge on any atom is 0.111 e. The van der Waals surface area contributed by atoms with Crippen LogP contribution < -0.4 is 0 Å². The zero-order chi connectivity index (χ0) is 10.9. The molecule has 0 aromatic rings. The number of hydrogen-bond acceptors (Lipinski definition) is 4. The van der Waals surface area contributed by atoms with E-state index in [-0.39, 0.29) is 12.0 Å². The van der Waals surface area contributed by atoms with E-state index in [0.29, 0.717) is 6.42 Å². The van der Waals surface area contributed by atoms with Crippen molar-refractivity contribution in [3.63, 3.8) is 0 Å². The van der Waals surface area contributed by atoms with Crippen LogP contribution in [0.25, 0.3) is 0 Å². The molecule has 14 heavy (non-hydrogen) atoms. The summed E-state index contributed by atoms with van der Waals surface area (Å²) in [5, 5.41) is 28.8. The minimum Gasteiger partial charge on any atom is -0.388 e. The summed E-state index contributed by atoms with van der Waals surface area (Å²) in [7, 11) is 0. The van der Waals surface area contributed by atoms with Crippen LogP contribution in [0.1, 0.15) is 27.2 Å². The molecule has 1 fully saturated rings. The van der Waals surface area contributed by atoms with E-state index in [2.05, 4.69) is 0 Å². The molecule has 0 amide bonds. The number of aliphatic hydroxyl groups excluding tert-OH is 3. The Labute approximate surface area is 84.5 Å². The van der Waals surface area contributed by atoms with E-state index in [0.717, 1.165) is 0 Å². The van der Waals surface area contributed by atoms with Crippen LogP contribution in [-0.4, -0.2) is 45.8 Å². The normalized spacial score (nSPS) is 44.4. The van der Waals surface area contributed by atoms with Crippen molar-refractivity contribution in [3.05, 3.63) is 0 Å². The van der Waals surface area contributed by atoms with E-state index in [1.165, 1.54) is 0 Å². The van der Waals surface area contributed by atoms with Crippen LogP contribution in [0.5, 0.6) is 0 Å². The predicted octanol–water partition coefficient (Wildman–Crippen LogP) is -0.0975. The Hall–Kier alpha value is -0.160. The van der Waals surface area contributed by atoms with Gasteiger partial charge in [-0.1, -0.05) is 20.8 Å². The molecule has 1 heterocycles. The molecule has 1 saturated heterocycles. The molecule has 0 bridgehead atoms. The summed E-state index contributed by atoms with van der Waals surface area (Å²) in [5.41, 5.74) is 0. The van der Waals surface area contributed by atoms with Crippen LogP contribution >= 0.6 is 0 Å². The number of aliphatic hydroxyl groups is 3. The van der Waals surface area contributed by atoms with E-state index < -0.39 is 24.4 Å². The number of ether oxygens (including phenoxy) is 1. The SMILES string of the molecule is CCC1O[C@H](C(C)C)C(O)[C@@H](O)[C@H]1O. The molecule has 4 heteroatoms. The summed E-state index contributed by atoms with van der Waals surface area (Å²) in [6.07, 6.45) is -3.20. The fourth-order valence-corrected chi connectivity index (χ4v) is 1.87. The number of hydrogen-bond donors (Lipinski definition) is 3. The van der Waals surface area contributed by atoms with Gasteiger partial charge in [0.2, 0.25) is 0 Å². The standard InChI is InChI=1S/C10H20O4/c1-4-6-7(11)8(12)9(13)10(14-6)5(2)3/h5-13H,4H2,1-3H3/t6?,7-,8-,9?,10+/m0/s1. The highest BCUT2D eigenvalue weighted by atomic mass is 16.5. The Morgan fingerprint density at radius 1 is 1.07 bits per heavy atom. The lowest BCUT2D eigenvalue weighted by Gasteiger charge is -2.42. The summed E-state index contributed by atoms with van der Waals surface area (Å²) >= 11 is 0. The van der Waals surface area contributed by atoms with Gasteiger partial charge in [0.25, 0.3) is 0 Å². The van der Waals surface area contributed by atoms with Crippen molar-refractivity contribution >= 4 is 0 Å². The molecule has 2 unspecified atom stereocenters. The zero-order valence-electron chi connectivity index (χ0n) is 8.92. The Morgan fingerprint density at radius 3 is 2.07 bits per heavy atom. The molecule has 0 radical (unpaired) electrons. The molecule has 0 aliphatic carbocycles. The molecule has 0 aromatic heterocycles. The smallest absolute Gasteiger partial charge is 0.111 e. The van der Waals surface area contributed by atoms with Gasteiger partial charge in [-0.3, -0.25) is 0 Å². The predicted molar refractivity (Wildman–Crippen MR) is 51.8 cm³/mol. The van der Waals surface area contributed by atoms with Gasteiger partial charge in [-0.05, 0) is 12.3 Å². The molecule has 0 saturated carbocycles. The minimum absolute atomic E-state index is 0.126. The maximum atomic E-state index is 9.66. The van der Waals surface area contributed by atoms with Crippen molar-refractivity contribution < 1.29 is 20.1 Å². The summed E-state index contributed by atoms with van der Waals surface area (Å²) in [6, 6.07) is 0. The van der Waals surface area contributed by atoms with Crippen molar-refractivity contribution in [2.45, 2.75) is 57.7 Å². The van der Waals surface area contributed by atoms with E-state index in [1.54, 1.807) is 0 Å². The topological polar surface area (TPSA) is 69.9 Å². The molecule has 0 aromatic carbocycles. The van der Waals surface area contributed by atoms with Crippen LogP contribution in [0.15, 0.2) is 0 Å². The molecule has 1 rings (SSSR count). The molecule has 0 spiro atoms. The lowest BCUT2D eigenvalue weighted by atomic mass is 9.89. The second-order valence-corrected chi connectivity index (χ2v) is 4.26. The third kappa shape index (κ3) is 2.08. The molecule has 5 atom stereocenters. The van der Waals surface area contributed by atoms with Crippen LogP contribution in [0.3, 0.4) is 0 Å². The Balaban J connectivity index is 2.73. The quantitative estimate of drug-likeness (QED) is 0.587. The van der Waals surface area contributed by atoms with Crippen LogP contribution in [0.2, 0.25) is 0 Å². The second kappa shape index (κ2) is 4.57. The highest BCUT2D eigenvalue weighted by Crippen LogP contribution is 2.26. The highest BCUT2D eigenvalue weighted by Gasteiger charge is 2.43. The largest absolute Gasteiger partial charge is 0.388 e. The van der Waals surface area contributed by atoms with Crippen LogP contribution in [0, 0.1) is 5.92 Å². The van der Waals surface area contributed by atoms with Crippen molar-refractivity contribution in [1.29, 1.82) is 0 Å². The van der Waals surface area contributed by atoms with Gasteiger partial charge >= 0.3 is 0 Å². The second-order valence-electron chi connectivity index (χ2n) is 4.26. The molecule has 1 aliphatic rings. The van der Waals surface area contributed by atoms with Gasteiger partial charge in [-0.15, -0.1) is 0 Å². The van der Waals surface area contributed by atoms with E-state index in [9.17, 15) is 15.3 Å². The molecule has 1 aliphatic heterocycles. The highest BCUT2D eigenvalue weighted by molar-refractivity contribution is 4.92. The summed E-state index contributed by atoms with van der Waals surface area (Å²) in [4.78, 5) is 0. The summed E-state index contributed by atoms with van der Waals surface area (Å²) < 4.78 is 5.53. The lowest BCUT2D eigenvalue weighted by molar-refractivity contribution is -0.232. The summed E-state index contributed by atoms with van der Waals surface area (Å²) in [6.45, 7) is 5.73. The molecule has 3 N–H and O–H groups in total. The number of rotatable bonds is 2. The fraction of sp³-hybridized carbons (Fsp3) is 1.00. The Morgan fingerprint density at radius 2 is 1.64 bits per heavy atom. The van der Waals surface area contributed by atoms with Gasteiger partial charge in [0.05, 0.1) is 12.2 Å². The Bertz CT molecular complexity index is 181. The molecular formula is C10H20O4. The third-order valence-corrected chi connectivity index (χ3v) is 2.81. The van der Waals surface area contributed by atoms with Crippen molar-refractivity contribution in [2.24, 2.45) is 5.92 Å². The first-order valence-corrected chi connectivity index (χ1v) is 5.18. The van der Waals surface area contributed by atoms with E-state index in [1.807, 2.05) is 20.8 Å². The van der Waals surface area contributed by atoms with Crippen LogP contribution in [0.4, 0.5) is 0 Å². The maximum absolute atomic E-state index is 9.66. The average Bonchev–Trinajstić information content (AvgIpc) is 2.14. The van der Waals surface area contributed by atoms with Crippen molar-refractivity contribution in [1.82, 2.24) is 0 Å². The van der Waals surface area contributed by atoms with Gasteiger partial charge in [0.15, 0.2) is 0 Å². The minimum atomic E-state index is -1.10. The summed E-state index contributed by atoms with van der Waals surface area (Å²) in [5.74, 6) is 0.126. The van der Waals surface area contributed by atoms with Gasteiger partial charge in [0, 0.05) is 0 Å². The Kier molecular flexibility index (Phi) is 3.89. The molecule has 4 nitrogen and oxygen atoms in total. The molecular weight excluding hydrogens is 184 g/mol. The zero-order valence-corrected chi connectivity index (χ0v) is 8.92. The fourth-order valence-electron chi connectivity index (χ4n) is 1.87. The van der Waals surface area contributed by atoms with Gasteiger partial charge in [-0.25, -0.2) is 0 Å². The van der Waals surface area contributed by atoms with E-state index >= 15 is 0 Å². The first-order chi connectivity index (χ1) is 6.49. The average molecular weight is 204 g/mol. The first kappa shape index (κ1) is 11.9. The lowest BCUT2D eigenvalue weighted by Crippen LogP contribution is -2.58. The van der Waals surface area contributed by atoms with Gasteiger partial charge < -0.3 is 20.1 Å². The molecule has 84 valence electrons. The van der Waals surface area contributed by atoms with Crippen molar-refractivity contribution in [2.75, 3.05) is 0 Å². The first-order valence-electron chi connectivity index (χ1n) is 5.18. The van der Waals surface area contributed by atoms with Gasteiger partial charge in [-0.2, -0.15) is 0 Å². The van der Waals surface area contributed by atoms with E-state index in [4.69, 9.17) is 4.74 Å². The third-order valence-electron chi connectivity index (χ3n) is 2.81. The monoisotopic (exact) mass is 204 g/mol.